The number of carbonyl (C=O) groups is 3. The van der Waals surface area contributed by atoms with Gasteiger partial charge in [-0.25, -0.2) is 14.4 Å². The van der Waals surface area contributed by atoms with Crippen LogP contribution in [0.2, 0.25) is 0 Å². The van der Waals surface area contributed by atoms with E-state index >= 15 is 0 Å². The molecule has 1 aliphatic heterocycles. The van der Waals surface area contributed by atoms with Crippen molar-refractivity contribution in [3.8, 4) is 11.5 Å². The molecule has 3 heterocycles. The highest BCUT2D eigenvalue weighted by Gasteiger charge is 2.43. The minimum absolute atomic E-state index is 0.0121. The molecule has 0 fully saturated rings. The van der Waals surface area contributed by atoms with Crippen LogP contribution in [0.15, 0.2) is 16.6 Å². The molecule has 0 aromatic carbocycles. The Kier molecular flexibility index (Phi) is 1.99. The fourth-order valence-electron chi connectivity index (χ4n) is 1.86. The summed E-state index contributed by atoms with van der Waals surface area (Å²) in [5.74, 6) is -3.22. The smallest absolute Gasteiger partial charge is 0.348 e. The Morgan fingerprint density at radius 1 is 1.32 bits per heavy atom. The van der Waals surface area contributed by atoms with Crippen molar-refractivity contribution in [1.29, 1.82) is 0 Å². The van der Waals surface area contributed by atoms with E-state index in [4.69, 9.17) is 19.0 Å². The Bertz CT molecular complexity index is 764. The second kappa shape index (κ2) is 3.35. The lowest BCUT2D eigenvalue weighted by molar-refractivity contribution is -0.130. The summed E-state index contributed by atoms with van der Waals surface area (Å²) in [5, 5.41) is 9.07. The van der Waals surface area contributed by atoms with E-state index in [9.17, 15) is 14.4 Å². The number of carbonyl (C=O) groups excluding carboxylic acids is 2. The third-order valence-corrected chi connectivity index (χ3v) is 2.68. The third kappa shape index (κ3) is 1.29. The maximum atomic E-state index is 11.5. The first-order valence-electron chi connectivity index (χ1n) is 5.16. The average Bonchev–Trinajstić information content (AvgIpc) is 2.91. The number of fused-ring (bicyclic) bond motifs is 1. The lowest BCUT2D eigenvalue weighted by atomic mass is 10.1. The summed E-state index contributed by atoms with van der Waals surface area (Å²) in [5.41, 5.74) is -0.583. The molecule has 7 nitrogen and oxygen atoms in total. The first kappa shape index (κ1) is 11.3. The second-order valence-electron chi connectivity index (χ2n) is 4.03. The van der Waals surface area contributed by atoms with E-state index in [2.05, 4.69) is 6.58 Å². The van der Waals surface area contributed by atoms with Crippen molar-refractivity contribution in [3.63, 3.8) is 0 Å². The molecule has 0 radical (unpaired) electrons. The largest absolute Gasteiger partial charge is 0.478 e. The Hall–Kier alpha value is -2.83. The van der Waals surface area contributed by atoms with Gasteiger partial charge in [-0.2, -0.15) is 0 Å². The molecule has 0 atom stereocenters. The summed E-state index contributed by atoms with van der Waals surface area (Å²) in [4.78, 5) is 34.1. The van der Waals surface area contributed by atoms with E-state index in [1.54, 1.807) is 0 Å². The molecular weight excluding hydrogens is 256 g/mol. The maximum absolute atomic E-state index is 11.5. The van der Waals surface area contributed by atoms with Gasteiger partial charge in [-0.15, -0.1) is 0 Å². The van der Waals surface area contributed by atoms with Gasteiger partial charge >= 0.3 is 17.9 Å². The number of rotatable bonds is 3. The Morgan fingerprint density at radius 3 is 2.58 bits per heavy atom. The number of hydrogen-bond donors (Lipinski definition) is 1. The number of aromatic carboxylic acids is 1. The van der Waals surface area contributed by atoms with Gasteiger partial charge in [0.25, 0.3) is 0 Å². The summed E-state index contributed by atoms with van der Waals surface area (Å²) in [6.45, 7) is 4.83. The van der Waals surface area contributed by atoms with Crippen LogP contribution in [-0.4, -0.2) is 23.0 Å². The first-order valence-corrected chi connectivity index (χ1v) is 5.16. The van der Waals surface area contributed by atoms with Gasteiger partial charge in [-0.1, -0.05) is 6.58 Å². The molecule has 0 amide bonds. The molecule has 1 aliphatic rings. The molecule has 2 aromatic heterocycles. The van der Waals surface area contributed by atoms with Crippen molar-refractivity contribution in [3.05, 3.63) is 23.3 Å². The highest BCUT2D eigenvalue weighted by atomic mass is 16.6. The molecule has 19 heavy (non-hydrogen) atoms. The lowest BCUT2D eigenvalue weighted by Crippen LogP contribution is -2.09. The molecule has 3 rings (SSSR count). The monoisotopic (exact) mass is 262 g/mol. The van der Waals surface area contributed by atoms with Gasteiger partial charge in [0, 0.05) is 5.57 Å². The highest BCUT2D eigenvalue weighted by Crippen LogP contribution is 2.51. The number of furan rings is 2. The number of carboxylic acids is 1. The fourth-order valence-corrected chi connectivity index (χ4v) is 1.86. The molecule has 0 saturated heterocycles. The zero-order chi connectivity index (χ0) is 13.9. The molecule has 1 N–H and O–H groups in total. The van der Waals surface area contributed by atoms with E-state index in [-0.39, 0.29) is 39.4 Å². The van der Waals surface area contributed by atoms with E-state index in [0.29, 0.717) is 0 Å². The van der Waals surface area contributed by atoms with Gasteiger partial charge in [0.2, 0.25) is 11.5 Å². The molecule has 0 unspecified atom stereocenters. The van der Waals surface area contributed by atoms with Crippen LogP contribution in [0.25, 0.3) is 11.2 Å². The molecule has 0 saturated carbocycles. The molecule has 7 heteroatoms. The van der Waals surface area contributed by atoms with Crippen molar-refractivity contribution in [2.75, 3.05) is 0 Å². The van der Waals surface area contributed by atoms with E-state index < -0.39 is 17.9 Å². The number of esters is 2. The van der Waals surface area contributed by atoms with Crippen molar-refractivity contribution in [1.82, 2.24) is 0 Å². The Labute approximate surface area is 105 Å². The van der Waals surface area contributed by atoms with Gasteiger partial charge in [0.15, 0.2) is 11.2 Å². The third-order valence-electron chi connectivity index (χ3n) is 2.68. The highest BCUT2D eigenvalue weighted by molar-refractivity contribution is 6.20. The van der Waals surface area contributed by atoms with Crippen molar-refractivity contribution >= 4 is 29.1 Å². The predicted molar refractivity (Wildman–Crippen MR) is 59.8 cm³/mol. The molecule has 2 bridgehead atoms. The summed E-state index contributed by atoms with van der Waals surface area (Å²) in [6.07, 6.45) is 0. The number of ether oxygens (including phenoxy) is 2. The van der Waals surface area contributed by atoms with Crippen LogP contribution in [0, 0.1) is 0 Å². The number of benzene rings is 1. The first-order chi connectivity index (χ1) is 8.91. The van der Waals surface area contributed by atoms with Crippen LogP contribution in [0.1, 0.15) is 27.6 Å². The average molecular weight is 262 g/mol. The maximum Gasteiger partial charge on any atom is 0.348 e. The minimum Gasteiger partial charge on any atom is -0.478 e. The van der Waals surface area contributed by atoms with Crippen LogP contribution in [0.3, 0.4) is 0 Å². The van der Waals surface area contributed by atoms with E-state index in [1.807, 2.05) is 0 Å². The van der Waals surface area contributed by atoms with Crippen LogP contribution in [-0.2, 0) is 4.79 Å². The fraction of sp³-hybridized carbons (Fsp3) is 0.0833. The normalized spacial score (nSPS) is 12.8. The van der Waals surface area contributed by atoms with Crippen molar-refractivity contribution in [2.45, 2.75) is 6.92 Å². The SMILES string of the molecule is C=C(C)C(=O)Oc1c2c3oc1c(C(=O)O)c3C(=O)O2. The van der Waals surface area contributed by atoms with Crippen LogP contribution in [0.4, 0.5) is 0 Å². The Balaban J connectivity index is 2.19. The second-order valence-corrected chi connectivity index (χ2v) is 4.03. The molecule has 0 aliphatic carbocycles. The van der Waals surface area contributed by atoms with Crippen molar-refractivity contribution in [2.24, 2.45) is 0 Å². The summed E-state index contributed by atoms with van der Waals surface area (Å²) in [6, 6.07) is 0. The van der Waals surface area contributed by atoms with Gasteiger partial charge in [0.1, 0.15) is 11.1 Å². The molecular formula is C12H6O7. The van der Waals surface area contributed by atoms with E-state index in [0.717, 1.165) is 0 Å². The van der Waals surface area contributed by atoms with E-state index in [1.165, 1.54) is 6.92 Å². The minimum atomic E-state index is -1.36. The van der Waals surface area contributed by atoms with Crippen LogP contribution < -0.4 is 9.47 Å². The van der Waals surface area contributed by atoms with Gasteiger partial charge in [-0.3, -0.25) is 0 Å². The molecule has 2 aromatic rings. The van der Waals surface area contributed by atoms with Gasteiger partial charge in [-0.05, 0) is 6.92 Å². The standard InChI is InChI=1S/C12H6O7/c1-3(2)11(15)18-8-6-4(10(13)14)5-7(17-6)9(8)19-12(5)16/h1H2,2H3,(H,13,14). The summed E-state index contributed by atoms with van der Waals surface area (Å²) in [7, 11) is 0. The number of hydrogen-bond acceptors (Lipinski definition) is 6. The quantitative estimate of drug-likeness (QED) is 0.508. The zero-order valence-electron chi connectivity index (χ0n) is 9.60. The predicted octanol–water partition coefficient (Wildman–Crippen LogP) is 1.58. The van der Waals surface area contributed by atoms with Gasteiger partial charge in [0.05, 0.1) is 0 Å². The van der Waals surface area contributed by atoms with Crippen LogP contribution in [0.5, 0.6) is 11.5 Å². The summed E-state index contributed by atoms with van der Waals surface area (Å²) >= 11 is 0. The topological polar surface area (TPSA) is 103 Å². The lowest BCUT2D eigenvalue weighted by Gasteiger charge is -2.02. The zero-order valence-corrected chi connectivity index (χ0v) is 9.60. The van der Waals surface area contributed by atoms with Crippen molar-refractivity contribution < 1.29 is 33.4 Å². The molecule has 0 spiro atoms. The molecule has 96 valence electrons. The van der Waals surface area contributed by atoms with Crippen LogP contribution >= 0.6 is 0 Å². The van der Waals surface area contributed by atoms with Gasteiger partial charge < -0.3 is 19.0 Å². The Morgan fingerprint density at radius 2 is 2.00 bits per heavy atom. The number of carboxylic acid groups (broad SMARTS) is 1. The summed E-state index contributed by atoms with van der Waals surface area (Å²) < 4.78 is 14.9.